The van der Waals surface area contributed by atoms with Gasteiger partial charge in [-0.2, -0.15) is 0 Å². The average Bonchev–Trinajstić information content (AvgIpc) is 2.74. The van der Waals surface area contributed by atoms with Crippen molar-refractivity contribution in [3.05, 3.63) is 59.9 Å². The zero-order valence-corrected chi connectivity index (χ0v) is 17.8. The average molecular weight is 429 g/mol. The van der Waals surface area contributed by atoms with Gasteiger partial charge in [-0.05, 0) is 61.4 Å². The van der Waals surface area contributed by atoms with Crippen LogP contribution in [0.1, 0.15) is 11.1 Å². The molecule has 30 heavy (non-hydrogen) atoms. The van der Waals surface area contributed by atoms with Crippen molar-refractivity contribution in [1.82, 2.24) is 19.9 Å². The quantitative estimate of drug-likeness (QED) is 0.445. The lowest BCUT2D eigenvalue weighted by Crippen LogP contribution is -2.29. The molecule has 0 amide bonds. The molecule has 0 unspecified atom stereocenters. The van der Waals surface area contributed by atoms with Crippen LogP contribution in [-0.4, -0.2) is 43.8 Å². The Labute approximate surface area is 176 Å². The Morgan fingerprint density at radius 2 is 1.63 bits per heavy atom. The number of nitrogens with one attached hydrogen (secondary N) is 3. The third-order valence-electron chi connectivity index (χ3n) is 4.32. The Kier molecular flexibility index (Phi) is 6.80. The monoisotopic (exact) mass is 428 g/mol. The van der Waals surface area contributed by atoms with Crippen molar-refractivity contribution in [2.75, 3.05) is 30.8 Å². The maximum atomic E-state index is 12.6. The van der Waals surface area contributed by atoms with Gasteiger partial charge < -0.3 is 15.4 Å². The van der Waals surface area contributed by atoms with Crippen molar-refractivity contribution < 1.29 is 13.2 Å². The van der Waals surface area contributed by atoms with Crippen LogP contribution < -0.4 is 20.1 Å². The van der Waals surface area contributed by atoms with E-state index in [0.29, 0.717) is 29.5 Å². The highest BCUT2D eigenvalue weighted by molar-refractivity contribution is 7.89. The maximum Gasteiger partial charge on any atom is 0.240 e. The number of anilines is 3. The smallest absolute Gasteiger partial charge is 0.240 e. The van der Waals surface area contributed by atoms with Gasteiger partial charge in [0.15, 0.2) is 5.82 Å². The predicted molar refractivity (Wildman–Crippen MR) is 116 cm³/mol. The SMILES string of the molecule is COc1cc(C)c(S(=O)(=O)NCCNc2ccc(Nc3ccncc3)nn2)cc1C. The first-order valence-corrected chi connectivity index (χ1v) is 10.8. The van der Waals surface area contributed by atoms with Gasteiger partial charge in [0, 0.05) is 31.2 Å². The molecule has 3 rings (SSSR count). The summed E-state index contributed by atoms with van der Waals surface area (Å²) in [5.41, 5.74) is 2.25. The summed E-state index contributed by atoms with van der Waals surface area (Å²) in [5.74, 6) is 1.80. The summed E-state index contributed by atoms with van der Waals surface area (Å²) in [7, 11) is -2.07. The first kappa shape index (κ1) is 21.5. The van der Waals surface area contributed by atoms with Crippen LogP contribution in [0.15, 0.2) is 53.7 Å². The van der Waals surface area contributed by atoms with E-state index in [9.17, 15) is 8.42 Å². The van der Waals surface area contributed by atoms with Crippen LogP contribution in [0.2, 0.25) is 0 Å². The largest absolute Gasteiger partial charge is 0.496 e. The number of methoxy groups -OCH3 is 1. The molecule has 0 atom stereocenters. The van der Waals surface area contributed by atoms with E-state index in [1.807, 2.05) is 19.1 Å². The molecule has 0 fully saturated rings. The number of sulfonamides is 1. The molecule has 158 valence electrons. The second-order valence-electron chi connectivity index (χ2n) is 6.58. The number of benzene rings is 1. The van der Waals surface area contributed by atoms with E-state index in [1.54, 1.807) is 50.7 Å². The summed E-state index contributed by atoms with van der Waals surface area (Å²) in [6, 6.07) is 10.5. The minimum Gasteiger partial charge on any atom is -0.496 e. The molecule has 3 N–H and O–H groups in total. The van der Waals surface area contributed by atoms with E-state index in [1.165, 1.54) is 0 Å². The van der Waals surface area contributed by atoms with Crippen molar-refractivity contribution in [2.45, 2.75) is 18.7 Å². The summed E-state index contributed by atoms with van der Waals surface area (Å²) >= 11 is 0. The number of hydrogen-bond donors (Lipinski definition) is 3. The van der Waals surface area contributed by atoms with Crippen LogP contribution in [0.5, 0.6) is 5.75 Å². The Morgan fingerprint density at radius 1 is 0.933 bits per heavy atom. The molecule has 9 nitrogen and oxygen atoms in total. The van der Waals surface area contributed by atoms with Gasteiger partial charge in [0.1, 0.15) is 11.6 Å². The Hall–Kier alpha value is -3.24. The third-order valence-corrected chi connectivity index (χ3v) is 5.93. The molecule has 0 saturated carbocycles. The van der Waals surface area contributed by atoms with E-state index >= 15 is 0 Å². The molecule has 2 heterocycles. The van der Waals surface area contributed by atoms with Crippen molar-refractivity contribution in [3.63, 3.8) is 0 Å². The summed E-state index contributed by atoms with van der Waals surface area (Å²) in [4.78, 5) is 4.20. The van der Waals surface area contributed by atoms with Crippen LogP contribution in [0, 0.1) is 13.8 Å². The standard InChI is InChI=1S/C20H24N6O3S/c1-14-13-18(15(2)12-17(14)29-3)30(27,28)23-11-10-22-19-4-5-20(26-25-19)24-16-6-8-21-9-7-16/h4-9,12-13,23H,10-11H2,1-3H3,(H,22,25)(H,21,24,26). The van der Waals surface area contributed by atoms with E-state index in [0.717, 1.165) is 11.3 Å². The van der Waals surface area contributed by atoms with Crippen molar-refractivity contribution in [1.29, 1.82) is 0 Å². The number of hydrogen-bond acceptors (Lipinski definition) is 8. The van der Waals surface area contributed by atoms with Crippen LogP contribution in [0.25, 0.3) is 0 Å². The normalized spacial score (nSPS) is 11.2. The van der Waals surface area contributed by atoms with Gasteiger partial charge in [0.25, 0.3) is 0 Å². The highest BCUT2D eigenvalue weighted by Gasteiger charge is 2.18. The Bertz CT molecular complexity index is 1090. The number of aryl methyl sites for hydroxylation is 2. The van der Waals surface area contributed by atoms with Gasteiger partial charge in [0.05, 0.1) is 12.0 Å². The molecule has 0 bridgehead atoms. The summed E-state index contributed by atoms with van der Waals surface area (Å²) in [5, 5.41) is 14.3. The fourth-order valence-electron chi connectivity index (χ4n) is 2.80. The van der Waals surface area contributed by atoms with Crippen LogP contribution in [0.3, 0.4) is 0 Å². The van der Waals surface area contributed by atoms with Gasteiger partial charge in [-0.15, -0.1) is 10.2 Å². The number of pyridine rings is 1. The fourth-order valence-corrected chi connectivity index (χ4v) is 4.14. The van der Waals surface area contributed by atoms with Gasteiger partial charge in [0.2, 0.25) is 10.0 Å². The molecule has 0 aliphatic rings. The number of aromatic nitrogens is 3. The number of rotatable bonds is 9. The molecule has 1 aromatic carbocycles. The second kappa shape index (κ2) is 9.51. The number of nitrogens with zero attached hydrogens (tertiary/aromatic N) is 3. The predicted octanol–water partition coefficient (Wildman–Crippen LogP) is 2.63. The molecule has 10 heteroatoms. The molecular formula is C20H24N6O3S. The summed E-state index contributed by atoms with van der Waals surface area (Å²) < 4.78 is 33.1. The second-order valence-corrected chi connectivity index (χ2v) is 8.31. The maximum absolute atomic E-state index is 12.6. The van der Waals surface area contributed by atoms with Gasteiger partial charge in [-0.3, -0.25) is 4.98 Å². The van der Waals surface area contributed by atoms with Gasteiger partial charge >= 0.3 is 0 Å². The van der Waals surface area contributed by atoms with E-state index in [-0.39, 0.29) is 11.4 Å². The van der Waals surface area contributed by atoms with E-state index < -0.39 is 10.0 Å². The van der Waals surface area contributed by atoms with Gasteiger partial charge in [-0.25, -0.2) is 13.1 Å². The van der Waals surface area contributed by atoms with Crippen molar-refractivity contribution in [3.8, 4) is 5.75 Å². The molecule has 0 saturated heterocycles. The van der Waals surface area contributed by atoms with E-state index in [2.05, 4.69) is 30.5 Å². The first-order valence-electron chi connectivity index (χ1n) is 9.28. The third kappa shape index (κ3) is 5.43. The lowest BCUT2D eigenvalue weighted by molar-refractivity contribution is 0.411. The minimum absolute atomic E-state index is 0.200. The molecular weight excluding hydrogens is 404 g/mol. The minimum atomic E-state index is -3.63. The molecule has 0 aliphatic heterocycles. The molecule has 2 aromatic heterocycles. The van der Waals surface area contributed by atoms with Crippen LogP contribution >= 0.6 is 0 Å². The fraction of sp³-hybridized carbons (Fsp3) is 0.250. The highest BCUT2D eigenvalue weighted by Crippen LogP contribution is 2.25. The summed E-state index contributed by atoms with van der Waals surface area (Å²) in [6.07, 6.45) is 3.36. The molecule has 0 radical (unpaired) electrons. The lowest BCUT2D eigenvalue weighted by atomic mass is 10.1. The van der Waals surface area contributed by atoms with Crippen molar-refractivity contribution >= 4 is 27.3 Å². The topological polar surface area (TPSA) is 118 Å². The summed E-state index contributed by atoms with van der Waals surface area (Å²) in [6.45, 7) is 4.11. The van der Waals surface area contributed by atoms with Crippen molar-refractivity contribution in [2.24, 2.45) is 0 Å². The highest BCUT2D eigenvalue weighted by atomic mass is 32.2. The molecule has 0 spiro atoms. The number of ether oxygens (including phenoxy) is 1. The molecule has 0 aliphatic carbocycles. The van der Waals surface area contributed by atoms with Crippen LogP contribution in [-0.2, 0) is 10.0 Å². The van der Waals surface area contributed by atoms with Gasteiger partial charge in [-0.1, -0.05) is 0 Å². The van der Waals surface area contributed by atoms with E-state index in [4.69, 9.17) is 4.74 Å². The first-order chi connectivity index (χ1) is 14.4. The lowest BCUT2D eigenvalue weighted by Gasteiger charge is -2.13. The molecule has 3 aromatic rings. The Morgan fingerprint density at radius 3 is 2.30 bits per heavy atom. The zero-order chi connectivity index (χ0) is 21.6. The Balaban J connectivity index is 1.52. The zero-order valence-electron chi connectivity index (χ0n) is 17.0. The van der Waals surface area contributed by atoms with Crippen LogP contribution in [0.4, 0.5) is 17.3 Å².